The van der Waals surface area contributed by atoms with E-state index >= 15 is 0 Å². The lowest BCUT2D eigenvalue weighted by Crippen LogP contribution is -1.84. The lowest BCUT2D eigenvalue weighted by Gasteiger charge is -1.96. The second kappa shape index (κ2) is 4.80. The molecule has 0 aromatic carbocycles. The van der Waals surface area contributed by atoms with Gasteiger partial charge in [-0.25, -0.2) is 0 Å². The molecule has 7 heteroatoms. The summed E-state index contributed by atoms with van der Waals surface area (Å²) in [5.74, 6) is 0.355. The second-order valence-corrected chi connectivity index (χ2v) is 7.65. The Labute approximate surface area is 128 Å². The molecule has 3 aromatic heterocycles. The van der Waals surface area contributed by atoms with Crippen molar-refractivity contribution in [2.24, 2.45) is 0 Å². The topological polar surface area (TPSA) is 52.0 Å². The van der Waals surface area contributed by atoms with E-state index in [0.29, 0.717) is 5.88 Å². The summed E-state index contributed by atoms with van der Waals surface area (Å²) in [4.78, 5) is 2.07. The summed E-state index contributed by atoms with van der Waals surface area (Å²) in [5.41, 5.74) is 7.52. The van der Waals surface area contributed by atoms with Gasteiger partial charge in [-0.1, -0.05) is 11.2 Å². The normalized spacial score (nSPS) is 11.0. The van der Waals surface area contributed by atoms with Crippen LogP contribution in [0.5, 0.6) is 0 Å². The van der Waals surface area contributed by atoms with Crippen LogP contribution in [-0.2, 0) is 0 Å². The van der Waals surface area contributed by atoms with Gasteiger partial charge in [0.1, 0.15) is 5.69 Å². The molecule has 0 aliphatic heterocycles. The summed E-state index contributed by atoms with van der Waals surface area (Å²) in [7, 11) is 0. The van der Waals surface area contributed by atoms with Crippen LogP contribution in [0.3, 0.4) is 0 Å². The Morgan fingerprint density at radius 3 is 2.72 bits per heavy atom. The quantitative estimate of drug-likeness (QED) is 0.634. The number of aromatic nitrogens is 1. The molecule has 0 amide bonds. The molecule has 0 saturated heterocycles. The van der Waals surface area contributed by atoms with E-state index < -0.39 is 0 Å². The van der Waals surface area contributed by atoms with Gasteiger partial charge in [-0.3, -0.25) is 0 Å². The monoisotopic (exact) mass is 404 g/mol. The van der Waals surface area contributed by atoms with E-state index in [9.17, 15) is 0 Å². The van der Waals surface area contributed by atoms with Crippen LogP contribution in [0.15, 0.2) is 36.4 Å². The second-order valence-electron chi connectivity index (χ2n) is 3.48. The van der Waals surface area contributed by atoms with Crippen molar-refractivity contribution in [2.75, 3.05) is 5.73 Å². The first kappa shape index (κ1) is 12.4. The minimum Gasteiger partial charge on any atom is -0.367 e. The Morgan fingerprint density at radius 1 is 1.28 bits per heavy atom. The Morgan fingerprint density at radius 2 is 2.11 bits per heavy atom. The molecular formula is C11H6Br2N2OS2. The van der Waals surface area contributed by atoms with Crippen molar-refractivity contribution in [3.63, 3.8) is 0 Å². The molecule has 0 aliphatic rings. The van der Waals surface area contributed by atoms with Crippen LogP contribution in [0.25, 0.3) is 21.0 Å². The summed E-state index contributed by atoms with van der Waals surface area (Å²) >= 11 is 10.2. The van der Waals surface area contributed by atoms with Crippen LogP contribution in [0, 0.1) is 0 Å². The molecule has 0 atom stereocenters. The predicted molar refractivity (Wildman–Crippen MR) is 82.9 cm³/mol. The van der Waals surface area contributed by atoms with Crippen LogP contribution < -0.4 is 5.73 Å². The fourth-order valence-corrected chi connectivity index (χ4v) is 4.39. The minimum absolute atomic E-state index is 0.355. The molecule has 3 rings (SSSR count). The maximum atomic E-state index is 5.87. The van der Waals surface area contributed by atoms with Crippen LogP contribution in [0.4, 0.5) is 5.88 Å². The van der Waals surface area contributed by atoms with Gasteiger partial charge in [0.25, 0.3) is 0 Å². The summed E-state index contributed by atoms with van der Waals surface area (Å²) in [6, 6.07) is 5.99. The smallest absolute Gasteiger partial charge is 0.231 e. The number of anilines is 1. The molecule has 0 bridgehead atoms. The molecule has 18 heavy (non-hydrogen) atoms. The minimum atomic E-state index is 0.355. The van der Waals surface area contributed by atoms with Gasteiger partial charge in [0.2, 0.25) is 5.88 Å². The molecular weight excluding hydrogens is 400 g/mol. The summed E-state index contributed by atoms with van der Waals surface area (Å²) in [6.07, 6.45) is 0. The van der Waals surface area contributed by atoms with E-state index in [-0.39, 0.29) is 0 Å². The number of hydrogen-bond donors (Lipinski definition) is 1. The number of nitrogens with two attached hydrogens (primary N) is 1. The van der Waals surface area contributed by atoms with Crippen LogP contribution in [-0.4, -0.2) is 5.16 Å². The highest BCUT2D eigenvalue weighted by Crippen LogP contribution is 2.44. The highest BCUT2D eigenvalue weighted by atomic mass is 79.9. The van der Waals surface area contributed by atoms with Crippen molar-refractivity contribution in [1.82, 2.24) is 5.16 Å². The number of halogens is 2. The van der Waals surface area contributed by atoms with Crippen molar-refractivity contribution in [3.05, 3.63) is 31.8 Å². The van der Waals surface area contributed by atoms with E-state index in [4.69, 9.17) is 10.3 Å². The molecule has 3 aromatic rings. The number of nitrogen functional groups attached to an aromatic ring is 1. The highest BCUT2D eigenvalue weighted by Gasteiger charge is 2.20. The van der Waals surface area contributed by atoms with Gasteiger partial charge in [0.15, 0.2) is 0 Å². The Hall–Kier alpha value is -0.630. The molecule has 0 unspecified atom stereocenters. The van der Waals surface area contributed by atoms with Gasteiger partial charge >= 0.3 is 0 Å². The Kier molecular flexibility index (Phi) is 3.31. The van der Waals surface area contributed by atoms with Crippen molar-refractivity contribution in [3.8, 4) is 21.0 Å². The van der Waals surface area contributed by atoms with Crippen molar-refractivity contribution < 1.29 is 4.52 Å². The van der Waals surface area contributed by atoms with Crippen LogP contribution in [0.2, 0.25) is 0 Å². The van der Waals surface area contributed by atoms with Crippen molar-refractivity contribution >= 4 is 60.4 Å². The van der Waals surface area contributed by atoms with E-state index in [1.54, 1.807) is 22.7 Å². The Bertz CT molecular complexity index is 669. The fraction of sp³-hybridized carbons (Fsp3) is 0. The van der Waals surface area contributed by atoms with Gasteiger partial charge < -0.3 is 10.3 Å². The number of thiophene rings is 2. The maximum Gasteiger partial charge on any atom is 0.231 e. The Balaban J connectivity index is 2.19. The zero-order valence-corrected chi connectivity index (χ0v) is 13.6. The van der Waals surface area contributed by atoms with E-state index in [1.807, 2.05) is 23.6 Å². The molecule has 0 fully saturated rings. The molecule has 3 nitrogen and oxygen atoms in total. The number of rotatable bonds is 2. The average molecular weight is 406 g/mol. The molecule has 2 N–H and O–H groups in total. The average Bonchev–Trinajstić information content (AvgIpc) is 3.01. The first-order valence-corrected chi connectivity index (χ1v) is 8.19. The fourth-order valence-electron chi connectivity index (χ4n) is 1.59. The first-order valence-electron chi connectivity index (χ1n) is 4.91. The third-order valence-electron chi connectivity index (χ3n) is 2.36. The van der Waals surface area contributed by atoms with E-state index in [1.165, 1.54) is 0 Å². The summed E-state index contributed by atoms with van der Waals surface area (Å²) in [5, 5.41) is 6.08. The molecule has 92 valence electrons. The molecule has 0 spiro atoms. The van der Waals surface area contributed by atoms with Gasteiger partial charge in [-0.2, -0.15) is 0 Å². The number of nitrogens with zero attached hydrogens (tertiary/aromatic N) is 1. The third kappa shape index (κ3) is 2.05. The maximum absolute atomic E-state index is 5.87. The van der Waals surface area contributed by atoms with Crippen LogP contribution in [0.1, 0.15) is 0 Å². The van der Waals surface area contributed by atoms with Gasteiger partial charge in [-0.05, 0) is 49.4 Å². The van der Waals surface area contributed by atoms with Gasteiger partial charge in [0.05, 0.1) is 14.2 Å². The standard InChI is InChI=1S/C11H6Br2N2OS2/c12-5-4-7(18-10(5)13)9-8(11(14)16-15-9)6-2-1-3-17-6/h1-4H,14H2. The zero-order valence-electron chi connectivity index (χ0n) is 8.81. The predicted octanol–water partition coefficient (Wildman–Crippen LogP) is 5.24. The van der Waals surface area contributed by atoms with Crippen molar-refractivity contribution in [1.29, 1.82) is 0 Å². The molecule has 0 radical (unpaired) electrons. The molecule has 3 heterocycles. The molecule has 0 aliphatic carbocycles. The largest absolute Gasteiger partial charge is 0.367 e. The van der Waals surface area contributed by atoms with E-state index in [0.717, 1.165) is 29.3 Å². The lowest BCUT2D eigenvalue weighted by molar-refractivity contribution is 0.439. The zero-order chi connectivity index (χ0) is 12.7. The SMILES string of the molecule is Nc1onc(-c2cc(Br)c(Br)s2)c1-c1cccs1. The number of hydrogen-bond acceptors (Lipinski definition) is 5. The molecule has 0 saturated carbocycles. The van der Waals surface area contributed by atoms with E-state index in [2.05, 4.69) is 37.0 Å². The summed E-state index contributed by atoms with van der Waals surface area (Å²) < 4.78 is 7.16. The van der Waals surface area contributed by atoms with Crippen molar-refractivity contribution in [2.45, 2.75) is 0 Å². The third-order valence-corrected chi connectivity index (χ3v) is 6.51. The first-order chi connectivity index (χ1) is 8.66. The summed E-state index contributed by atoms with van der Waals surface area (Å²) in [6.45, 7) is 0. The van der Waals surface area contributed by atoms with Gasteiger partial charge in [-0.15, -0.1) is 22.7 Å². The van der Waals surface area contributed by atoms with Gasteiger partial charge in [0, 0.05) is 9.35 Å². The van der Waals surface area contributed by atoms with Crippen LogP contribution >= 0.6 is 54.5 Å². The highest BCUT2D eigenvalue weighted by molar-refractivity contribution is 9.13. The lowest BCUT2D eigenvalue weighted by atomic mass is 10.2.